The van der Waals surface area contributed by atoms with E-state index in [1.54, 1.807) is 0 Å². The van der Waals surface area contributed by atoms with Gasteiger partial charge in [0, 0.05) is 16.7 Å². The minimum atomic E-state index is -0.754. The van der Waals surface area contributed by atoms with Crippen LogP contribution < -0.4 is 0 Å². The van der Waals surface area contributed by atoms with Crippen molar-refractivity contribution in [1.29, 1.82) is 5.26 Å². The standard InChI is InChI=1S/C32H43NO4/c1-27(2)10-12-32(17-24(35)36)13-11-31(7)25(20(32)16-27)21(34)14-23-29(5)15-19(18-33)26(37)28(3,4)22(29)8-9-30(23,31)6/h14-15,20,22,25H,8-13,16-17H2,1-7H3,(H,35,36)/t20-,22+,25+,29+,30-,31-,32+/m1/s1. The first-order valence-electron chi connectivity index (χ1n) is 14.1. The number of Topliss-reactive ketones (excluding diaryl/α,β-unsaturated/α-hetero) is 1. The van der Waals surface area contributed by atoms with Crippen molar-refractivity contribution in [3.63, 3.8) is 0 Å². The predicted molar refractivity (Wildman–Crippen MR) is 141 cm³/mol. The van der Waals surface area contributed by atoms with Crippen LogP contribution in [-0.4, -0.2) is 22.6 Å². The number of aliphatic carboxylic acids is 1. The van der Waals surface area contributed by atoms with Crippen molar-refractivity contribution >= 4 is 17.5 Å². The van der Waals surface area contributed by atoms with Gasteiger partial charge in [0.15, 0.2) is 11.6 Å². The van der Waals surface area contributed by atoms with Crippen LogP contribution in [0.25, 0.3) is 0 Å². The van der Waals surface area contributed by atoms with Crippen LogP contribution in [0.5, 0.6) is 0 Å². The normalized spacial score (nSPS) is 45.7. The minimum absolute atomic E-state index is 0.0279. The van der Waals surface area contributed by atoms with E-state index in [2.05, 4.69) is 40.7 Å². The number of ketones is 2. The molecule has 0 aliphatic heterocycles. The van der Waals surface area contributed by atoms with Crippen LogP contribution in [-0.2, 0) is 14.4 Å². The average molecular weight is 506 g/mol. The van der Waals surface area contributed by atoms with Gasteiger partial charge in [0.2, 0.25) is 0 Å². The molecule has 0 bridgehead atoms. The molecule has 0 unspecified atom stereocenters. The summed E-state index contributed by atoms with van der Waals surface area (Å²) in [4.78, 5) is 39.6. The lowest BCUT2D eigenvalue weighted by Gasteiger charge is -2.69. The number of carboxylic acids is 1. The first-order chi connectivity index (χ1) is 17.0. The topological polar surface area (TPSA) is 95.2 Å². The summed E-state index contributed by atoms with van der Waals surface area (Å²) in [5.41, 5.74) is -0.708. The monoisotopic (exact) mass is 505 g/mol. The third-order valence-electron chi connectivity index (χ3n) is 12.5. The van der Waals surface area contributed by atoms with Gasteiger partial charge in [-0.3, -0.25) is 14.4 Å². The van der Waals surface area contributed by atoms with Gasteiger partial charge in [-0.2, -0.15) is 5.26 Å². The maximum Gasteiger partial charge on any atom is 0.303 e. The molecule has 1 N–H and O–H groups in total. The molecule has 0 radical (unpaired) electrons. The van der Waals surface area contributed by atoms with Crippen molar-refractivity contribution in [3.8, 4) is 6.07 Å². The number of allylic oxidation sites excluding steroid dienone is 4. The summed E-state index contributed by atoms with van der Waals surface area (Å²) in [6.45, 7) is 15.2. The van der Waals surface area contributed by atoms with Gasteiger partial charge < -0.3 is 5.11 Å². The van der Waals surface area contributed by atoms with Crippen molar-refractivity contribution in [3.05, 3.63) is 23.3 Å². The molecule has 3 fully saturated rings. The zero-order valence-corrected chi connectivity index (χ0v) is 23.7. The molecule has 5 aliphatic rings. The highest BCUT2D eigenvalue weighted by Gasteiger charge is 2.69. The summed E-state index contributed by atoms with van der Waals surface area (Å²) in [6.07, 6.45) is 10.1. The molecule has 5 aliphatic carbocycles. The van der Waals surface area contributed by atoms with E-state index < -0.39 is 16.8 Å². The van der Waals surface area contributed by atoms with Crippen molar-refractivity contribution in [2.75, 3.05) is 0 Å². The molecule has 0 aromatic rings. The van der Waals surface area contributed by atoms with E-state index in [4.69, 9.17) is 0 Å². The number of carboxylic acid groups (broad SMARTS) is 1. The number of nitrogens with zero attached hydrogens (tertiary/aromatic N) is 1. The summed E-state index contributed by atoms with van der Waals surface area (Å²) in [5, 5.41) is 19.8. The van der Waals surface area contributed by atoms with E-state index in [0.29, 0.717) is 0 Å². The van der Waals surface area contributed by atoms with Crippen molar-refractivity contribution in [2.24, 2.45) is 50.2 Å². The van der Waals surface area contributed by atoms with Crippen molar-refractivity contribution in [2.45, 2.75) is 99.8 Å². The molecule has 3 saturated carbocycles. The molecule has 200 valence electrons. The average Bonchev–Trinajstić information content (AvgIpc) is 2.78. The van der Waals surface area contributed by atoms with Crippen LogP contribution in [0.2, 0.25) is 0 Å². The Morgan fingerprint density at radius 3 is 2.30 bits per heavy atom. The molecule has 37 heavy (non-hydrogen) atoms. The zero-order chi connectivity index (χ0) is 27.4. The Morgan fingerprint density at radius 2 is 1.68 bits per heavy atom. The summed E-state index contributed by atoms with van der Waals surface area (Å²) < 4.78 is 0. The summed E-state index contributed by atoms with van der Waals surface area (Å²) in [6, 6.07) is 2.17. The van der Waals surface area contributed by atoms with Gasteiger partial charge in [0.1, 0.15) is 6.07 Å². The largest absolute Gasteiger partial charge is 0.481 e. The Labute approximate surface area is 221 Å². The second-order valence-corrected chi connectivity index (χ2v) is 15.2. The predicted octanol–water partition coefficient (Wildman–Crippen LogP) is 6.68. The minimum Gasteiger partial charge on any atom is -0.481 e. The smallest absolute Gasteiger partial charge is 0.303 e. The van der Waals surface area contributed by atoms with Crippen molar-refractivity contribution in [1.82, 2.24) is 0 Å². The van der Waals surface area contributed by atoms with Gasteiger partial charge in [-0.15, -0.1) is 0 Å². The third-order valence-corrected chi connectivity index (χ3v) is 12.5. The Morgan fingerprint density at radius 1 is 1.03 bits per heavy atom. The van der Waals surface area contributed by atoms with Gasteiger partial charge in [-0.1, -0.05) is 60.1 Å². The molecule has 5 nitrogen and oxygen atoms in total. The number of carbonyl (C=O) groups excluding carboxylic acids is 2. The van der Waals surface area contributed by atoms with E-state index >= 15 is 0 Å². The molecule has 0 amide bonds. The summed E-state index contributed by atoms with van der Waals surface area (Å²) in [7, 11) is 0. The molecule has 0 saturated heterocycles. The number of nitriles is 1. The second kappa shape index (κ2) is 7.67. The fraction of sp³-hybridized carbons (Fsp3) is 0.750. The highest BCUT2D eigenvalue weighted by atomic mass is 16.4. The SMILES string of the molecule is CC1(C)CC[C@@]2(CC(=O)O)CC[C@]3(C)[C@H](C(=O)C=C4[C@@]5(C)C=C(C#N)C(=O)C(C)(C)[C@@H]5CC[C@]43C)[C@H]2C1. The molecule has 0 heterocycles. The Hall–Kier alpha value is -2.22. The molecule has 5 heteroatoms. The summed E-state index contributed by atoms with van der Waals surface area (Å²) >= 11 is 0. The van der Waals surface area contributed by atoms with Gasteiger partial charge in [0.25, 0.3) is 0 Å². The Bertz CT molecular complexity index is 1200. The molecule has 0 aromatic heterocycles. The lowest BCUT2D eigenvalue weighted by Crippen LogP contribution is -2.65. The lowest BCUT2D eigenvalue weighted by molar-refractivity contribution is -0.177. The molecule has 0 aromatic carbocycles. The maximum atomic E-state index is 14.3. The van der Waals surface area contributed by atoms with E-state index in [1.807, 2.05) is 26.0 Å². The molecule has 5 rings (SSSR count). The van der Waals surface area contributed by atoms with E-state index in [0.717, 1.165) is 50.5 Å². The van der Waals surface area contributed by atoms with Crippen LogP contribution in [0.3, 0.4) is 0 Å². The Balaban J connectivity index is 1.69. The van der Waals surface area contributed by atoms with Crippen LogP contribution in [0, 0.1) is 61.6 Å². The zero-order valence-electron chi connectivity index (χ0n) is 23.7. The molecule has 7 atom stereocenters. The third kappa shape index (κ3) is 3.29. The first-order valence-corrected chi connectivity index (χ1v) is 14.1. The fourth-order valence-corrected chi connectivity index (χ4v) is 10.3. The van der Waals surface area contributed by atoms with Crippen LogP contribution >= 0.6 is 0 Å². The van der Waals surface area contributed by atoms with Gasteiger partial charge in [-0.05, 0) is 84.5 Å². The number of fused-ring (bicyclic) bond motifs is 7. The van der Waals surface area contributed by atoms with Gasteiger partial charge in [-0.25, -0.2) is 0 Å². The lowest BCUT2D eigenvalue weighted by atomic mass is 9.34. The van der Waals surface area contributed by atoms with Crippen LogP contribution in [0.1, 0.15) is 99.8 Å². The van der Waals surface area contributed by atoms with E-state index in [-0.39, 0.29) is 63.0 Å². The number of rotatable bonds is 2. The van der Waals surface area contributed by atoms with Gasteiger partial charge in [0.05, 0.1) is 12.0 Å². The number of carbonyl (C=O) groups is 3. The highest BCUT2D eigenvalue weighted by Crippen LogP contribution is 2.74. The second-order valence-electron chi connectivity index (χ2n) is 15.2. The maximum absolute atomic E-state index is 14.3. The fourth-order valence-electron chi connectivity index (χ4n) is 10.3. The van der Waals surface area contributed by atoms with Crippen LogP contribution in [0.4, 0.5) is 0 Å². The van der Waals surface area contributed by atoms with E-state index in [9.17, 15) is 24.8 Å². The number of hydrogen-bond donors (Lipinski definition) is 1. The van der Waals surface area contributed by atoms with E-state index in [1.165, 1.54) is 0 Å². The van der Waals surface area contributed by atoms with Crippen molar-refractivity contribution < 1.29 is 19.5 Å². The molecular weight excluding hydrogens is 462 g/mol. The van der Waals surface area contributed by atoms with Gasteiger partial charge >= 0.3 is 5.97 Å². The summed E-state index contributed by atoms with van der Waals surface area (Å²) in [5.74, 6) is -0.834. The molecule has 0 spiro atoms. The Kier molecular flexibility index (Phi) is 5.47. The number of hydrogen-bond acceptors (Lipinski definition) is 4. The highest BCUT2D eigenvalue weighted by molar-refractivity contribution is 6.04. The van der Waals surface area contributed by atoms with Crippen LogP contribution in [0.15, 0.2) is 23.3 Å². The first kappa shape index (κ1) is 26.4. The quantitative estimate of drug-likeness (QED) is 0.451. The molecular formula is C32H43NO4.